The van der Waals surface area contributed by atoms with Gasteiger partial charge in [-0.2, -0.15) is 0 Å². The molecule has 6 heteroatoms. The molecule has 3 N–H and O–H groups in total. The van der Waals surface area contributed by atoms with Crippen LogP contribution in [0, 0.1) is 6.92 Å². The standard InChI is InChI=1S/C15H19N3O2S/c1-4-13-9(3)21-15(17-13)18-14(19)10-6-11(16)8-12(7-10)20-5-2/h6-8H,4-5,16H2,1-3H3,(H,17,18,19). The Morgan fingerprint density at radius 3 is 2.76 bits per heavy atom. The Morgan fingerprint density at radius 2 is 2.14 bits per heavy atom. The zero-order valence-electron chi connectivity index (χ0n) is 12.4. The number of nitrogen functional groups attached to an aromatic ring is 1. The highest BCUT2D eigenvalue weighted by Gasteiger charge is 2.12. The van der Waals surface area contributed by atoms with Crippen molar-refractivity contribution in [3.8, 4) is 5.75 Å². The summed E-state index contributed by atoms with van der Waals surface area (Å²) in [4.78, 5) is 17.8. The van der Waals surface area contributed by atoms with Crippen molar-refractivity contribution in [1.29, 1.82) is 0 Å². The molecule has 0 saturated heterocycles. The van der Waals surface area contributed by atoms with Gasteiger partial charge in [-0.3, -0.25) is 10.1 Å². The van der Waals surface area contributed by atoms with E-state index in [0.29, 0.717) is 28.7 Å². The van der Waals surface area contributed by atoms with E-state index in [0.717, 1.165) is 17.0 Å². The Balaban J connectivity index is 2.19. The van der Waals surface area contributed by atoms with Gasteiger partial charge in [0.1, 0.15) is 5.75 Å². The average Bonchev–Trinajstić information content (AvgIpc) is 2.78. The minimum absolute atomic E-state index is 0.236. The molecule has 1 aromatic carbocycles. The summed E-state index contributed by atoms with van der Waals surface area (Å²) in [5, 5.41) is 3.41. The maximum atomic E-state index is 12.3. The van der Waals surface area contributed by atoms with Crippen LogP contribution in [0.4, 0.5) is 10.8 Å². The summed E-state index contributed by atoms with van der Waals surface area (Å²) < 4.78 is 5.40. The number of anilines is 2. The summed E-state index contributed by atoms with van der Waals surface area (Å²) in [6, 6.07) is 5.00. The first kappa shape index (κ1) is 15.3. The van der Waals surface area contributed by atoms with Gasteiger partial charge >= 0.3 is 0 Å². The van der Waals surface area contributed by atoms with Gasteiger partial charge in [0.25, 0.3) is 5.91 Å². The molecule has 0 fully saturated rings. The molecule has 0 aliphatic heterocycles. The molecule has 0 unspecified atom stereocenters. The van der Waals surface area contributed by atoms with Gasteiger partial charge in [-0.05, 0) is 32.4 Å². The van der Waals surface area contributed by atoms with E-state index in [4.69, 9.17) is 10.5 Å². The van der Waals surface area contributed by atoms with Crippen molar-refractivity contribution in [3.63, 3.8) is 0 Å². The molecule has 0 radical (unpaired) electrons. The van der Waals surface area contributed by atoms with Crippen molar-refractivity contribution in [2.24, 2.45) is 0 Å². The van der Waals surface area contributed by atoms with Crippen LogP contribution >= 0.6 is 11.3 Å². The second kappa shape index (κ2) is 6.58. The molecule has 1 amide bonds. The maximum absolute atomic E-state index is 12.3. The highest BCUT2D eigenvalue weighted by atomic mass is 32.1. The number of nitrogens with two attached hydrogens (primary N) is 1. The Kier molecular flexibility index (Phi) is 4.80. The van der Waals surface area contributed by atoms with E-state index < -0.39 is 0 Å². The Hall–Kier alpha value is -2.08. The van der Waals surface area contributed by atoms with Crippen molar-refractivity contribution >= 4 is 28.1 Å². The van der Waals surface area contributed by atoms with Crippen LogP contribution in [0.3, 0.4) is 0 Å². The third-order valence-corrected chi connectivity index (χ3v) is 3.88. The lowest BCUT2D eigenvalue weighted by atomic mass is 10.2. The van der Waals surface area contributed by atoms with Gasteiger partial charge < -0.3 is 10.5 Å². The van der Waals surface area contributed by atoms with Gasteiger partial charge in [0.2, 0.25) is 0 Å². The van der Waals surface area contributed by atoms with Crippen LogP contribution in [0.25, 0.3) is 0 Å². The molecule has 2 rings (SSSR count). The van der Waals surface area contributed by atoms with Crippen LogP contribution in [-0.2, 0) is 6.42 Å². The fraction of sp³-hybridized carbons (Fsp3) is 0.333. The number of carbonyl (C=O) groups excluding carboxylic acids is 1. The molecule has 0 aliphatic carbocycles. The number of ether oxygens (including phenoxy) is 1. The predicted molar refractivity (Wildman–Crippen MR) is 86.2 cm³/mol. The van der Waals surface area contributed by atoms with E-state index >= 15 is 0 Å². The fourth-order valence-electron chi connectivity index (χ4n) is 1.98. The molecule has 1 heterocycles. The van der Waals surface area contributed by atoms with Crippen LogP contribution in [0.2, 0.25) is 0 Å². The lowest BCUT2D eigenvalue weighted by Crippen LogP contribution is -2.12. The number of thiazole rings is 1. The molecule has 0 bridgehead atoms. The third-order valence-electron chi connectivity index (χ3n) is 2.95. The molecule has 2 aromatic rings. The van der Waals surface area contributed by atoms with Gasteiger partial charge in [-0.15, -0.1) is 11.3 Å². The number of benzene rings is 1. The van der Waals surface area contributed by atoms with Crippen LogP contribution in [-0.4, -0.2) is 17.5 Å². The molecule has 0 atom stereocenters. The largest absolute Gasteiger partial charge is 0.494 e. The molecular weight excluding hydrogens is 286 g/mol. The lowest BCUT2D eigenvalue weighted by molar-refractivity contribution is 0.102. The molecule has 112 valence electrons. The Morgan fingerprint density at radius 1 is 1.38 bits per heavy atom. The van der Waals surface area contributed by atoms with Crippen molar-refractivity contribution in [2.75, 3.05) is 17.7 Å². The van der Waals surface area contributed by atoms with E-state index in [9.17, 15) is 4.79 Å². The summed E-state index contributed by atoms with van der Waals surface area (Å²) in [6.45, 7) is 6.45. The minimum atomic E-state index is -0.236. The van der Waals surface area contributed by atoms with Crippen molar-refractivity contribution < 1.29 is 9.53 Å². The van der Waals surface area contributed by atoms with Crippen molar-refractivity contribution in [3.05, 3.63) is 34.3 Å². The number of amides is 1. The van der Waals surface area contributed by atoms with E-state index in [1.54, 1.807) is 18.2 Å². The lowest BCUT2D eigenvalue weighted by Gasteiger charge is -2.07. The number of hydrogen-bond donors (Lipinski definition) is 2. The maximum Gasteiger partial charge on any atom is 0.257 e. The van der Waals surface area contributed by atoms with E-state index in [1.165, 1.54) is 11.3 Å². The molecule has 0 spiro atoms. The first-order chi connectivity index (χ1) is 10.0. The number of rotatable bonds is 5. The SMILES string of the molecule is CCOc1cc(N)cc(C(=O)Nc2nc(CC)c(C)s2)c1. The highest BCUT2D eigenvalue weighted by Crippen LogP contribution is 2.24. The Labute approximate surface area is 128 Å². The third kappa shape index (κ3) is 3.72. The number of aryl methyl sites for hydroxylation is 2. The number of carbonyl (C=O) groups is 1. The quantitative estimate of drug-likeness (QED) is 0.831. The van der Waals surface area contributed by atoms with E-state index in [2.05, 4.69) is 10.3 Å². The first-order valence-corrected chi connectivity index (χ1v) is 7.66. The van der Waals surface area contributed by atoms with Crippen LogP contribution in [0.5, 0.6) is 5.75 Å². The smallest absolute Gasteiger partial charge is 0.257 e. The van der Waals surface area contributed by atoms with E-state index in [1.807, 2.05) is 20.8 Å². The molecular formula is C15H19N3O2S. The molecule has 5 nitrogen and oxygen atoms in total. The van der Waals surface area contributed by atoms with Gasteiger partial charge in [0.05, 0.1) is 12.3 Å². The van der Waals surface area contributed by atoms with Gasteiger partial charge in [-0.1, -0.05) is 6.92 Å². The highest BCUT2D eigenvalue weighted by molar-refractivity contribution is 7.15. The normalized spacial score (nSPS) is 10.4. The number of hydrogen-bond acceptors (Lipinski definition) is 5. The second-order valence-corrected chi connectivity index (χ2v) is 5.76. The number of nitrogens with zero attached hydrogens (tertiary/aromatic N) is 1. The van der Waals surface area contributed by atoms with Crippen LogP contribution in [0.15, 0.2) is 18.2 Å². The molecule has 0 saturated carbocycles. The van der Waals surface area contributed by atoms with Crippen molar-refractivity contribution in [1.82, 2.24) is 4.98 Å². The summed E-state index contributed by atoms with van der Waals surface area (Å²) in [7, 11) is 0. The van der Waals surface area contributed by atoms with E-state index in [-0.39, 0.29) is 5.91 Å². The molecule has 1 aromatic heterocycles. The molecule has 0 aliphatic rings. The van der Waals surface area contributed by atoms with Crippen LogP contribution in [0.1, 0.15) is 34.8 Å². The number of aromatic nitrogens is 1. The first-order valence-electron chi connectivity index (χ1n) is 6.84. The zero-order chi connectivity index (χ0) is 15.4. The van der Waals surface area contributed by atoms with Gasteiger partial charge in [0.15, 0.2) is 5.13 Å². The summed E-state index contributed by atoms with van der Waals surface area (Å²) in [5.41, 5.74) is 7.77. The van der Waals surface area contributed by atoms with Crippen LogP contribution < -0.4 is 15.8 Å². The molecule has 21 heavy (non-hydrogen) atoms. The summed E-state index contributed by atoms with van der Waals surface area (Å²) in [5.74, 6) is 0.354. The fourth-order valence-corrected chi connectivity index (χ4v) is 2.88. The Bertz CT molecular complexity index is 652. The number of nitrogens with one attached hydrogen (secondary N) is 1. The zero-order valence-corrected chi connectivity index (χ0v) is 13.2. The summed E-state index contributed by atoms with van der Waals surface area (Å²) in [6.07, 6.45) is 0.852. The van der Waals surface area contributed by atoms with Gasteiger partial charge in [-0.25, -0.2) is 4.98 Å². The second-order valence-electron chi connectivity index (χ2n) is 4.55. The van der Waals surface area contributed by atoms with Crippen molar-refractivity contribution in [2.45, 2.75) is 27.2 Å². The monoisotopic (exact) mass is 305 g/mol. The average molecular weight is 305 g/mol. The van der Waals surface area contributed by atoms with Gasteiger partial charge in [0, 0.05) is 22.2 Å². The topological polar surface area (TPSA) is 77.2 Å². The summed E-state index contributed by atoms with van der Waals surface area (Å²) >= 11 is 1.48. The predicted octanol–water partition coefficient (Wildman–Crippen LogP) is 3.25. The minimum Gasteiger partial charge on any atom is -0.494 e.